The average Bonchev–Trinajstić information content (AvgIpc) is 3.00. The number of halogens is 2. The van der Waals surface area contributed by atoms with Crippen LogP contribution in [0, 0.1) is 11.6 Å². The Bertz CT molecular complexity index is 894. The number of nitrogens with one attached hydrogen (secondary N) is 2. The Labute approximate surface area is 146 Å². The van der Waals surface area contributed by atoms with E-state index >= 15 is 0 Å². The molecule has 0 radical (unpaired) electrons. The van der Waals surface area contributed by atoms with Gasteiger partial charge in [0.05, 0.1) is 11.6 Å². The lowest BCUT2D eigenvalue weighted by Crippen LogP contribution is -2.27. The predicted octanol–water partition coefficient (Wildman–Crippen LogP) is 2.91. The van der Waals surface area contributed by atoms with Crippen LogP contribution in [-0.4, -0.2) is 29.1 Å². The quantitative estimate of drug-likeness (QED) is 0.630. The molecule has 0 spiro atoms. The lowest BCUT2D eigenvalue weighted by molar-refractivity contribution is 0.0941. The Morgan fingerprint density at radius 1 is 1.20 bits per heavy atom. The molecule has 1 amide bonds. The zero-order valence-electron chi connectivity index (χ0n) is 13.1. The van der Waals surface area contributed by atoms with Crippen molar-refractivity contribution in [3.05, 3.63) is 59.4 Å². The highest BCUT2D eigenvalue weighted by molar-refractivity contribution is 7.22. The van der Waals surface area contributed by atoms with E-state index < -0.39 is 11.6 Å². The number of benzene rings is 1. The van der Waals surface area contributed by atoms with E-state index in [1.54, 1.807) is 18.3 Å². The van der Waals surface area contributed by atoms with E-state index in [4.69, 9.17) is 5.11 Å². The number of amides is 1. The Balaban J connectivity index is 1.80. The predicted molar refractivity (Wildman–Crippen MR) is 92.7 cm³/mol. The Morgan fingerprint density at radius 3 is 2.68 bits per heavy atom. The first-order valence-corrected chi connectivity index (χ1v) is 8.35. The summed E-state index contributed by atoms with van der Waals surface area (Å²) in [7, 11) is 0. The molecular weight excluding hydrogens is 348 g/mol. The highest BCUT2D eigenvalue weighted by atomic mass is 32.1. The van der Waals surface area contributed by atoms with Crippen molar-refractivity contribution in [3.8, 4) is 0 Å². The van der Waals surface area contributed by atoms with Gasteiger partial charge in [-0.2, -0.15) is 0 Å². The Hall–Kier alpha value is -2.58. The number of carbonyl (C=O) groups excluding carboxylic acids is 1. The number of aromatic nitrogens is 1. The van der Waals surface area contributed by atoms with Gasteiger partial charge in [0.1, 0.15) is 17.3 Å². The number of fused-ring (bicyclic) bond motifs is 1. The molecular formula is C17H15F2N3O2S. The first-order valence-electron chi connectivity index (χ1n) is 7.53. The van der Waals surface area contributed by atoms with E-state index in [0.29, 0.717) is 10.9 Å². The third-order valence-corrected chi connectivity index (χ3v) is 4.51. The molecule has 3 aromatic rings. The first kappa shape index (κ1) is 17.2. The number of nitrogens with zero attached hydrogens (tertiary/aromatic N) is 1. The molecule has 0 aliphatic rings. The Morgan fingerprint density at radius 2 is 1.96 bits per heavy atom. The number of hydrogen-bond acceptors (Lipinski definition) is 5. The minimum atomic E-state index is -0.625. The molecule has 0 saturated heterocycles. The smallest absolute Gasteiger partial charge is 0.270 e. The minimum absolute atomic E-state index is 0.150. The molecule has 2 heterocycles. The number of hydrogen-bond donors (Lipinski definition) is 3. The largest absolute Gasteiger partial charge is 0.395 e. The second-order valence-corrected chi connectivity index (χ2v) is 6.38. The van der Waals surface area contributed by atoms with Crippen molar-refractivity contribution in [1.82, 2.24) is 10.3 Å². The number of aliphatic hydroxyl groups is 1. The number of pyridine rings is 1. The highest BCUT2D eigenvalue weighted by Gasteiger charge is 2.14. The number of rotatable bonds is 6. The summed E-state index contributed by atoms with van der Waals surface area (Å²) in [5.41, 5.74) is 0.751. The van der Waals surface area contributed by atoms with Gasteiger partial charge < -0.3 is 15.7 Å². The number of thiophene rings is 1. The van der Waals surface area contributed by atoms with E-state index in [2.05, 4.69) is 15.6 Å². The van der Waals surface area contributed by atoms with Crippen LogP contribution >= 0.6 is 11.3 Å². The van der Waals surface area contributed by atoms with Crippen molar-refractivity contribution in [2.24, 2.45) is 0 Å². The zero-order chi connectivity index (χ0) is 17.8. The van der Waals surface area contributed by atoms with Gasteiger partial charge in [0.15, 0.2) is 0 Å². The molecule has 0 bridgehead atoms. The molecule has 0 unspecified atom stereocenters. The van der Waals surface area contributed by atoms with Gasteiger partial charge in [0.25, 0.3) is 5.91 Å². The van der Waals surface area contributed by atoms with Crippen molar-refractivity contribution >= 4 is 32.3 Å². The van der Waals surface area contributed by atoms with Crippen LogP contribution in [0.4, 0.5) is 13.8 Å². The van der Waals surface area contributed by atoms with Crippen molar-refractivity contribution in [3.63, 3.8) is 0 Å². The fourth-order valence-corrected chi connectivity index (χ4v) is 3.34. The van der Waals surface area contributed by atoms with E-state index in [0.717, 1.165) is 15.8 Å². The van der Waals surface area contributed by atoms with Gasteiger partial charge >= 0.3 is 0 Å². The molecule has 2 aromatic heterocycles. The third kappa shape index (κ3) is 4.09. The molecule has 130 valence electrons. The van der Waals surface area contributed by atoms with Gasteiger partial charge in [0.2, 0.25) is 0 Å². The minimum Gasteiger partial charge on any atom is -0.395 e. The van der Waals surface area contributed by atoms with Crippen molar-refractivity contribution in [1.29, 1.82) is 0 Å². The summed E-state index contributed by atoms with van der Waals surface area (Å²) in [5.74, 6) is -1.61. The van der Waals surface area contributed by atoms with Crippen LogP contribution in [0.25, 0.3) is 10.1 Å². The number of anilines is 1. The maximum Gasteiger partial charge on any atom is 0.270 e. The van der Waals surface area contributed by atoms with Gasteiger partial charge in [-0.3, -0.25) is 9.78 Å². The topological polar surface area (TPSA) is 74.2 Å². The molecule has 1 aromatic carbocycles. The van der Waals surface area contributed by atoms with Crippen LogP contribution in [0.1, 0.15) is 16.1 Å². The van der Waals surface area contributed by atoms with Crippen molar-refractivity contribution in [2.75, 3.05) is 18.5 Å². The van der Waals surface area contributed by atoms with Crippen LogP contribution in [0.3, 0.4) is 0 Å². The first-order chi connectivity index (χ1) is 12.1. The number of aliphatic hydroxyl groups excluding tert-OH is 1. The summed E-state index contributed by atoms with van der Waals surface area (Å²) in [6, 6.07) is 6.91. The van der Waals surface area contributed by atoms with Gasteiger partial charge in [-0.05, 0) is 29.8 Å². The molecule has 0 aliphatic carbocycles. The summed E-state index contributed by atoms with van der Waals surface area (Å²) < 4.78 is 27.3. The summed E-state index contributed by atoms with van der Waals surface area (Å²) >= 11 is 1.41. The van der Waals surface area contributed by atoms with Gasteiger partial charge in [-0.1, -0.05) is 0 Å². The fourth-order valence-electron chi connectivity index (χ4n) is 2.39. The normalized spacial score (nSPS) is 10.8. The van der Waals surface area contributed by atoms with E-state index in [1.165, 1.54) is 23.5 Å². The van der Waals surface area contributed by atoms with Gasteiger partial charge in [-0.15, -0.1) is 11.3 Å². The molecule has 0 fully saturated rings. The standard InChI is InChI=1S/C17H15F2N3O2S/c18-11-5-10(6-12(19)7-11)9-22-15-8-13-14(25-15)1-2-20-16(13)17(24)21-3-4-23/h1-2,5-8,22-23H,3-4,9H2,(H,21,24). The molecule has 25 heavy (non-hydrogen) atoms. The maximum absolute atomic E-state index is 13.2. The van der Waals surface area contributed by atoms with Gasteiger partial charge in [-0.25, -0.2) is 8.78 Å². The van der Waals surface area contributed by atoms with Crippen molar-refractivity contribution < 1.29 is 18.7 Å². The zero-order valence-corrected chi connectivity index (χ0v) is 13.9. The molecule has 8 heteroatoms. The summed E-state index contributed by atoms with van der Waals surface area (Å²) in [4.78, 5) is 16.2. The van der Waals surface area contributed by atoms with E-state index in [1.807, 2.05) is 0 Å². The SMILES string of the molecule is O=C(NCCO)c1nccc2sc(NCc3cc(F)cc(F)c3)cc12. The van der Waals surface area contributed by atoms with Crippen LogP contribution in [0.5, 0.6) is 0 Å². The molecule has 3 N–H and O–H groups in total. The summed E-state index contributed by atoms with van der Waals surface area (Å²) in [5, 5.41) is 15.9. The van der Waals surface area contributed by atoms with E-state index in [-0.39, 0.29) is 31.3 Å². The third-order valence-electron chi connectivity index (χ3n) is 3.45. The van der Waals surface area contributed by atoms with Crippen LogP contribution in [-0.2, 0) is 6.54 Å². The molecule has 0 saturated carbocycles. The highest BCUT2D eigenvalue weighted by Crippen LogP contribution is 2.31. The second kappa shape index (κ2) is 7.54. The van der Waals surface area contributed by atoms with Gasteiger partial charge in [0, 0.05) is 35.4 Å². The molecule has 0 aliphatic heterocycles. The lowest BCUT2D eigenvalue weighted by atomic mass is 10.2. The monoisotopic (exact) mass is 363 g/mol. The fraction of sp³-hybridized carbons (Fsp3) is 0.176. The summed E-state index contributed by atoms with van der Waals surface area (Å²) in [6.07, 6.45) is 1.54. The van der Waals surface area contributed by atoms with E-state index in [9.17, 15) is 13.6 Å². The second-order valence-electron chi connectivity index (χ2n) is 5.29. The average molecular weight is 363 g/mol. The number of carbonyl (C=O) groups is 1. The van der Waals surface area contributed by atoms with Crippen LogP contribution in [0.2, 0.25) is 0 Å². The molecule has 0 atom stereocenters. The lowest BCUT2D eigenvalue weighted by Gasteiger charge is -2.04. The maximum atomic E-state index is 13.2. The summed E-state index contributed by atoms with van der Waals surface area (Å²) in [6.45, 7) is 0.251. The molecule has 3 rings (SSSR count). The van der Waals surface area contributed by atoms with Crippen molar-refractivity contribution in [2.45, 2.75) is 6.54 Å². The Kier molecular flexibility index (Phi) is 5.20. The molecule has 5 nitrogen and oxygen atoms in total. The van der Waals surface area contributed by atoms with Crippen LogP contribution in [0.15, 0.2) is 36.5 Å². The van der Waals surface area contributed by atoms with Crippen LogP contribution < -0.4 is 10.6 Å².